The Balaban J connectivity index is 1.63. The molecule has 1 aliphatic heterocycles. The molecule has 1 aliphatic rings. The van der Waals surface area contributed by atoms with Gasteiger partial charge in [-0.05, 0) is 25.6 Å². The Hall–Kier alpha value is -2.65. The van der Waals surface area contributed by atoms with Crippen molar-refractivity contribution >= 4 is 28.2 Å². The second-order valence-electron chi connectivity index (χ2n) is 6.49. The summed E-state index contributed by atoms with van der Waals surface area (Å²) in [6, 6.07) is 3.97. The molecule has 4 heterocycles. The van der Waals surface area contributed by atoms with Crippen molar-refractivity contribution < 1.29 is 4.39 Å². The first-order valence-electron chi connectivity index (χ1n) is 8.66. The summed E-state index contributed by atoms with van der Waals surface area (Å²) in [5, 5.41) is 6.79. The first-order chi connectivity index (χ1) is 13.0. The lowest BCUT2D eigenvalue weighted by Crippen LogP contribution is -2.27. The van der Waals surface area contributed by atoms with E-state index in [0.29, 0.717) is 16.6 Å². The Morgan fingerprint density at radius 3 is 2.85 bits per heavy atom. The molecule has 0 bridgehead atoms. The number of nitrogens with zero attached hydrogens (tertiary/aromatic N) is 5. The van der Waals surface area contributed by atoms with E-state index < -0.39 is 5.82 Å². The molecular formula is C18H20FN7S. The molecule has 2 N–H and O–H groups in total. The highest BCUT2D eigenvalue weighted by Gasteiger charge is 2.18. The molecule has 4 rings (SSSR count). The van der Waals surface area contributed by atoms with E-state index in [1.165, 1.54) is 23.1 Å². The summed E-state index contributed by atoms with van der Waals surface area (Å²) in [4.78, 5) is 20.4. The number of hydrogen-bond donors (Lipinski definition) is 2. The normalized spacial score (nSPS) is 14.1. The summed E-state index contributed by atoms with van der Waals surface area (Å²) in [5.41, 5.74) is 3.28. The average molecular weight is 385 g/mol. The molecule has 0 amide bonds. The lowest BCUT2D eigenvalue weighted by atomic mass is 10.1. The highest BCUT2D eigenvalue weighted by Crippen LogP contribution is 2.33. The molecule has 0 unspecified atom stereocenters. The van der Waals surface area contributed by atoms with E-state index in [1.54, 1.807) is 7.05 Å². The average Bonchev–Trinajstić information content (AvgIpc) is 3.04. The fourth-order valence-electron chi connectivity index (χ4n) is 3.05. The number of aromatic nitrogens is 4. The molecule has 0 aliphatic carbocycles. The standard InChI is InChI=1S/C18H20FN7S/c1-10-16(27-18(20-2)22-10)15-12(19)8-21-17(25-15)24-14-5-4-11-9-26(3)7-6-13(11)23-14/h4-5,8H,6-7,9H2,1-3H3,(H,20,22)(H,21,23,24,25). The zero-order chi connectivity index (χ0) is 19.0. The summed E-state index contributed by atoms with van der Waals surface area (Å²) in [5.74, 6) is 0.495. The van der Waals surface area contributed by atoms with Crippen LogP contribution in [0, 0.1) is 12.7 Å². The van der Waals surface area contributed by atoms with E-state index in [1.807, 2.05) is 13.0 Å². The van der Waals surface area contributed by atoms with Crippen molar-refractivity contribution in [2.75, 3.05) is 31.3 Å². The SMILES string of the molecule is CNc1nc(C)c(-c2nc(Nc3ccc4c(n3)CCN(C)C4)ncc2F)s1. The van der Waals surface area contributed by atoms with E-state index in [0.717, 1.165) is 36.0 Å². The smallest absolute Gasteiger partial charge is 0.229 e. The topological polar surface area (TPSA) is 78.9 Å². The third-order valence-corrected chi connectivity index (χ3v) is 5.63. The van der Waals surface area contributed by atoms with Crippen LogP contribution in [0.4, 0.5) is 21.3 Å². The Morgan fingerprint density at radius 1 is 1.22 bits per heavy atom. The van der Waals surface area contributed by atoms with Crippen LogP contribution in [-0.2, 0) is 13.0 Å². The van der Waals surface area contributed by atoms with Gasteiger partial charge in [0.2, 0.25) is 5.95 Å². The van der Waals surface area contributed by atoms with Gasteiger partial charge in [-0.1, -0.05) is 17.4 Å². The van der Waals surface area contributed by atoms with Crippen molar-refractivity contribution in [1.29, 1.82) is 0 Å². The van der Waals surface area contributed by atoms with Crippen LogP contribution in [0.2, 0.25) is 0 Å². The van der Waals surface area contributed by atoms with Crippen molar-refractivity contribution in [3.63, 3.8) is 0 Å². The highest BCUT2D eigenvalue weighted by molar-refractivity contribution is 7.19. The molecule has 9 heteroatoms. The van der Waals surface area contributed by atoms with E-state index in [2.05, 4.69) is 48.6 Å². The molecule has 0 aromatic carbocycles. The van der Waals surface area contributed by atoms with Gasteiger partial charge in [-0.15, -0.1) is 0 Å². The number of likely N-dealkylation sites (N-methyl/N-ethyl adjacent to an activating group) is 1. The molecular weight excluding hydrogens is 365 g/mol. The van der Waals surface area contributed by atoms with Crippen LogP contribution >= 0.6 is 11.3 Å². The molecule has 0 radical (unpaired) electrons. The summed E-state index contributed by atoms with van der Waals surface area (Å²) < 4.78 is 14.3. The molecule has 0 fully saturated rings. The van der Waals surface area contributed by atoms with Crippen LogP contribution in [0.3, 0.4) is 0 Å². The number of rotatable bonds is 4. The maximum absolute atomic E-state index is 14.3. The quantitative estimate of drug-likeness (QED) is 0.714. The van der Waals surface area contributed by atoms with E-state index in [4.69, 9.17) is 0 Å². The molecule has 0 spiro atoms. The maximum Gasteiger partial charge on any atom is 0.229 e. The molecule has 3 aromatic rings. The maximum atomic E-state index is 14.3. The van der Waals surface area contributed by atoms with Gasteiger partial charge in [-0.3, -0.25) is 0 Å². The van der Waals surface area contributed by atoms with Gasteiger partial charge < -0.3 is 15.5 Å². The minimum Gasteiger partial charge on any atom is -0.365 e. The van der Waals surface area contributed by atoms with Gasteiger partial charge >= 0.3 is 0 Å². The monoisotopic (exact) mass is 385 g/mol. The van der Waals surface area contributed by atoms with Crippen LogP contribution < -0.4 is 10.6 Å². The molecule has 140 valence electrons. The number of anilines is 3. The van der Waals surface area contributed by atoms with Gasteiger partial charge in [0.25, 0.3) is 0 Å². The van der Waals surface area contributed by atoms with Crippen molar-refractivity contribution in [2.24, 2.45) is 0 Å². The lowest BCUT2D eigenvalue weighted by molar-refractivity contribution is 0.310. The summed E-state index contributed by atoms with van der Waals surface area (Å²) in [6.45, 7) is 3.72. The molecule has 0 saturated heterocycles. The van der Waals surface area contributed by atoms with E-state index >= 15 is 0 Å². The molecule has 0 saturated carbocycles. The number of pyridine rings is 1. The van der Waals surface area contributed by atoms with Crippen molar-refractivity contribution in [3.8, 4) is 10.6 Å². The van der Waals surface area contributed by atoms with Gasteiger partial charge in [-0.2, -0.15) is 0 Å². The minimum absolute atomic E-state index is 0.239. The molecule has 27 heavy (non-hydrogen) atoms. The van der Waals surface area contributed by atoms with Gasteiger partial charge in [0.1, 0.15) is 11.5 Å². The number of nitrogens with one attached hydrogen (secondary N) is 2. The first-order valence-corrected chi connectivity index (χ1v) is 9.47. The summed E-state index contributed by atoms with van der Waals surface area (Å²) >= 11 is 1.36. The van der Waals surface area contributed by atoms with Gasteiger partial charge in [0.05, 0.1) is 16.8 Å². The fraction of sp³-hybridized carbons (Fsp3) is 0.333. The summed E-state index contributed by atoms with van der Waals surface area (Å²) in [6.07, 6.45) is 2.08. The van der Waals surface area contributed by atoms with Crippen molar-refractivity contribution in [2.45, 2.75) is 19.9 Å². The highest BCUT2D eigenvalue weighted by atomic mass is 32.1. The fourth-order valence-corrected chi connectivity index (χ4v) is 3.96. The van der Waals surface area contributed by atoms with Crippen LogP contribution in [0.15, 0.2) is 18.3 Å². The van der Waals surface area contributed by atoms with E-state index in [9.17, 15) is 4.39 Å². The molecule has 0 atom stereocenters. The Bertz CT molecular complexity index is 988. The second-order valence-corrected chi connectivity index (χ2v) is 7.49. The van der Waals surface area contributed by atoms with Crippen LogP contribution in [0.5, 0.6) is 0 Å². The first kappa shape index (κ1) is 17.7. The van der Waals surface area contributed by atoms with Crippen LogP contribution in [0.25, 0.3) is 10.6 Å². The van der Waals surface area contributed by atoms with Crippen molar-refractivity contribution in [1.82, 2.24) is 24.8 Å². The molecule has 7 nitrogen and oxygen atoms in total. The third kappa shape index (κ3) is 3.60. The third-order valence-electron chi connectivity index (χ3n) is 4.45. The van der Waals surface area contributed by atoms with Gasteiger partial charge in [0, 0.05) is 32.3 Å². The van der Waals surface area contributed by atoms with E-state index in [-0.39, 0.29) is 5.69 Å². The number of aryl methyl sites for hydroxylation is 1. The minimum atomic E-state index is -0.476. The van der Waals surface area contributed by atoms with Crippen molar-refractivity contribution in [3.05, 3.63) is 41.1 Å². The largest absolute Gasteiger partial charge is 0.365 e. The molecule has 3 aromatic heterocycles. The zero-order valence-corrected chi connectivity index (χ0v) is 16.2. The lowest BCUT2D eigenvalue weighted by Gasteiger charge is -2.24. The second kappa shape index (κ2) is 7.16. The number of halogens is 1. The number of fused-ring (bicyclic) bond motifs is 1. The predicted molar refractivity (Wildman–Crippen MR) is 105 cm³/mol. The van der Waals surface area contributed by atoms with Crippen LogP contribution in [0.1, 0.15) is 17.0 Å². The Labute approximate surface area is 160 Å². The number of thiazole rings is 1. The van der Waals surface area contributed by atoms with Gasteiger partial charge in [-0.25, -0.2) is 24.3 Å². The number of hydrogen-bond acceptors (Lipinski definition) is 8. The summed E-state index contributed by atoms with van der Waals surface area (Å²) in [7, 11) is 3.88. The Kier molecular flexibility index (Phi) is 4.71. The Morgan fingerprint density at radius 2 is 2.07 bits per heavy atom. The zero-order valence-electron chi connectivity index (χ0n) is 15.4. The van der Waals surface area contributed by atoms with Crippen LogP contribution in [-0.4, -0.2) is 45.5 Å². The predicted octanol–water partition coefficient (Wildman–Crippen LogP) is 3.22. The van der Waals surface area contributed by atoms with Gasteiger partial charge in [0.15, 0.2) is 10.9 Å².